The third kappa shape index (κ3) is 4.55. The first-order valence-electron chi connectivity index (χ1n) is 7.81. The third-order valence-electron chi connectivity index (χ3n) is 4.02. The maximum Gasteiger partial charge on any atom is 0.338 e. The van der Waals surface area contributed by atoms with Crippen molar-refractivity contribution in [2.24, 2.45) is 0 Å². The lowest BCUT2D eigenvalue weighted by molar-refractivity contribution is -0.233. The molecule has 1 aromatic carbocycles. The Bertz CT molecular complexity index is 566. The minimum Gasteiger partial charge on any atom is -0.463 e. The molecule has 1 aliphatic rings. The first kappa shape index (κ1) is 17.5. The molecule has 0 N–H and O–H groups in total. The summed E-state index contributed by atoms with van der Waals surface area (Å²) < 4.78 is 16.9. The van der Waals surface area contributed by atoms with Crippen LogP contribution in [0, 0.1) is 0 Å². The van der Waals surface area contributed by atoms with Crippen LogP contribution in [-0.2, 0) is 19.0 Å². The third-order valence-corrected chi connectivity index (χ3v) is 4.02. The highest BCUT2D eigenvalue weighted by Crippen LogP contribution is 2.37. The minimum absolute atomic E-state index is 0.0541. The van der Waals surface area contributed by atoms with E-state index in [1.165, 1.54) is 6.92 Å². The molecule has 2 atom stereocenters. The topological polar surface area (TPSA) is 61.8 Å². The van der Waals surface area contributed by atoms with Crippen molar-refractivity contribution in [1.82, 2.24) is 0 Å². The molecule has 23 heavy (non-hydrogen) atoms. The normalized spacial score (nSPS) is 26.3. The molecule has 5 nitrogen and oxygen atoms in total. The molecule has 1 aliphatic heterocycles. The van der Waals surface area contributed by atoms with Gasteiger partial charge in [0, 0.05) is 6.92 Å². The zero-order chi connectivity index (χ0) is 17.1. The number of benzene rings is 1. The van der Waals surface area contributed by atoms with Crippen LogP contribution < -0.4 is 0 Å². The number of esters is 2. The summed E-state index contributed by atoms with van der Waals surface area (Å²) in [7, 11) is 0. The van der Waals surface area contributed by atoms with Crippen molar-refractivity contribution in [3.05, 3.63) is 35.9 Å². The van der Waals surface area contributed by atoms with Crippen LogP contribution in [0.15, 0.2) is 30.3 Å². The van der Waals surface area contributed by atoms with Crippen LogP contribution in [0.25, 0.3) is 0 Å². The van der Waals surface area contributed by atoms with Gasteiger partial charge < -0.3 is 14.2 Å². The van der Waals surface area contributed by atoms with Crippen LogP contribution in [0.2, 0.25) is 0 Å². The van der Waals surface area contributed by atoms with Gasteiger partial charge in [-0.2, -0.15) is 0 Å². The fourth-order valence-electron chi connectivity index (χ4n) is 2.85. The summed E-state index contributed by atoms with van der Waals surface area (Å²) in [4.78, 5) is 23.5. The second kappa shape index (κ2) is 6.71. The highest BCUT2D eigenvalue weighted by molar-refractivity contribution is 5.89. The van der Waals surface area contributed by atoms with Gasteiger partial charge in [-0.3, -0.25) is 4.79 Å². The quantitative estimate of drug-likeness (QED) is 0.798. The average Bonchev–Trinajstić information content (AvgIpc) is 2.48. The monoisotopic (exact) mass is 320 g/mol. The second-order valence-electron chi connectivity index (χ2n) is 6.75. The summed E-state index contributed by atoms with van der Waals surface area (Å²) in [5.41, 5.74) is -0.727. The molecule has 0 aliphatic carbocycles. The zero-order valence-corrected chi connectivity index (χ0v) is 14.1. The molecule has 0 unspecified atom stereocenters. The molecule has 0 aromatic heterocycles. The summed E-state index contributed by atoms with van der Waals surface area (Å²) in [5, 5.41) is 0. The number of hydrogen-bond acceptors (Lipinski definition) is 5. The summed E-state index contributed by atoms with van der Waals surface area (Å²) in [6, 6.07) is 8.83. The molecular formula is C18H24O5. The molecule has 1 heterocycles. The molecule has 2 rings (SSSR count). The van der Waals surface area contributed by atoms with Gasteiger partial charge in [0.1, 0.15) is 18.3 Å². The first-order valence-corrected chi connectivity index (χ1v) is 7.81. The molecule has 1 fully saturated rings. The molecule has 0 bridgehead atoms. The molecule has 0 saturated carbocycles. The largest absolute Gasteiger partial charge is 0.463 e. The summed E-state index contributed by atoms with van der Waals surface area (Å²) in [6.07, 6.45) is 0.946. The number of carbonyl (C=O) groups excluding carboxylic acids is 2. The Balaban J connectivity index is 2.13. The summed E-state index contributed by atoms with van der Waals surface area (Å²) in [6.45, 7) is 7.18. The Labute approximate surface area is 136 Å². The van der Waals surface area contributed by atoms with Crippen molar-refractivity contribution in [2.75, 3.05) is 6.61 Å². The number of ether oxygens (including phenoxy) is 3. The van der Waals surface area contributed by atoms with Gasteiger partial charge in [-0.15, -0.1) is 0 Å². The van der Waals surface area contributed by atoms with Crippen LogP contribution in [-0.4, -0.2) is 35.9 Å². The molecule has 1 aromatic rings. The maximum absolute atomic E-state index is 12.3. The van der Waals surface area contributed by atoms with Crippen molar-refractivity contribution in [3.63, 3.8) is 0 Å². The minimum atomic E-state index is -0.863. The lowest BCUT2D eigenvalue weighted by atomic mass is 9.85. The maximum atomic E-state index is 12.3. The van der Waals surface area contributed by atoms with E-state index in [-0.39, 0.29) is 18.2 Å². The van der Waals surface area contributed by atoms with Crippen LogP contribution in [0.3, 0.4) is 0 Å². The Kier molecular flexibility index (Phi) is 5.09. The molecule has 0 radical (unpaired) electrons. The predicted molar refractivity (Wildman–Crippen MR) is 85.1 cm³/mol. The number of rotatable bonds is 4. The van der Waals surface area contributed by atoms with Crippen molar-refractivity contribution in [2.45, 2.75) is 57.8 Å². The molecule has 126 valence electrons. The van der Waals surface area contributed by atoms with E-state index in [1.54, 1.807) is 24.3 Å². The second-order valence-corrected chi connectivity index (χ2v) is 6.75. The molecule has 1 saturated heterocycles. The van der Waals surface area contributed by atoms with Crippen LogP contribution in [0.4, 0.5) is 0 Å². The van der Waals surface area contributed by atoms with Crippen molar-refractivity contribution in [1.29, 1.82) is 0 Å². The molecule has 5 heteroatoms. The smallest absolute Gasteiger partial charge is 0.338 e. The SMILES string of the molecule is CC(=O)OC[C@]1(C)OC(C)(C)CC[C@@H]1OC(=O)c1ccccc1. The Morgan fingerprint density at radius 3 is 2.48 bits per heavy atom. The summed E-state index contributed by atoms with van der Waals surface area (Å²) in [5.74, 6) is -0.778. The van der Waals surface area contributed by atoms with Gasteiger partial charge in [0.25, 0.3) is 0 Å². The van der Waals surface area contributed by atoms with Gasteiger partial charge in [-0.1, -0.05) is 18.2 Å². The number of hydrogen-bond donors (Lipinski definition) is 0. The fraction of sp³-hybridized carbons (Fsp3) is 0.556. The van der Waals surface area contributed by atoms with Gasteiger partial charge in [0.05, 0.1) is 11.2 Å². The van der Waals surface area contributed by atoms with Gasteiger partial charge in [0.2, 0.25) is 0 Å². The molecular weight excluding hydrogens is 296 g/mol. The lowest BCUT2D eigenvalue weighted by Crippen LogP contribution is -2.57. The standard InChI is InChI=1S/C18H24O5/c1-13(19)21-12-18(4)15(10-11-17(2,3)23-18)22-16(20)14-8-6-5-7-9-14/h5-9,15H,10-12H2,1-4H3/t15-,18-/m0/s1. The highest BCUT2D eigenvalue weighted by Gasteiger charge is 2.47. The van der Waals surface area contributed by atoms with Gasteiger partial charge in [0.15, 0.2) is 0 Å². The van der Waals surface area contributed by atoms with Gasteiger partial charge in [-0.25, -0.2) is 4.79 Å². The molecule has 0 amide bonds. The molecule has 0 spiro atoms. The highest BCUT2D eigenvalue weighted by atomic mass is 16.6. The Morgan fingerprint density at radius 1 is 1.22 bits per heavy atom. The van der Waals surface area contributed by atoms with Gasteiger partial charge >= 0.3 is 11.9 Å². The predicted octanol–water partition coefficient (Wildman–Crippen LogP) is 3.12. The van der Waals surface area contributed by atoms with E-state index in [9.17, 15) is 9.59 Å². The Morgan fingerprint density at radius 2 is 1.87 bits per heavy atom. The van der Waals surface area contributed by atoms with E-state index in [0.717, 1.165) is 6.42 Å². The van der Waals surface area contributed by atoms with E-state index in [1.807, 2.05) is 26.8 Å². The Hall–Kier alpha value is -1.88. The van der Waals surface area contributed by atoms with Crippen LogP contribution in [0.1, 0.15) is 50.9 Å². The van der Waals surface area contributed by atoms with Crippen molar-refractivity contribution >= 4 is 11.9 Å². The van der Waals surface area contributed by atoms with E-state index < -0.39 is 17.7 Å². The number of carbonyl (C=O) groups is 2. The zero-order valence-electron chi connectivity index (χ0n) is 14.1. The van der Waals surface area contributed by atoms with Gasteiger partial charge in [-0.05, 0) is 45.7 Å². The van der Waals surface area contributed by atoms with Crippen molar-refractivity contribution in [3.8, 4) is 0 Å². The van der Waals surface area contributed by atoms with Crippen LogP contribution >= 0.6 is 0 Å². The van der Waals surface area contributed by atoms with E-state index in [4.69, 9.17) is 14.2 Å². The van der Waals surface area contributed by atoms with Crippen molar-refractivity contribution < 1.29 is 23.8 Å². The first-order chi connectivity index (χ1) is 10.7. The van der Waals surface area contributed by atoms with Crippen LogP contribution in [0.5, 0.6) is 0 Å². The van der Waals surface area contributed by atoms with E-state index in [0.29, 0.717) is 12.0 Å². The fourth-order valence-corrected chi connectivity index (χ4v) is 2.85. The summed E-state index contributed by atoms with van der Waals surface area (Å²) >= 11 is 0. The van der Waals surface area contributed by atoms with E-state index >= 15 is 0 Å². The van der Waals surface area contributed by atoms with E-state index in [2.05, 4.69) is 0 Å². The lowest BCUT2D eigenvalue weighted by Gasteiger charge is -2.47. The average molecular weight is 320 g/mol.